The van der Waals surface area contributed by atoms with Gasteiger partial charge in [-0.2, -0.15) is 0 Å². The van der Waals surface area contributed by atoms with E-state index in [0.29, 0.717) is 0 Å². The zero-order chi connectivity index (χ0) is 37.5. The van der Waals surface area contributed by atoms with Gasteiger partial charge in [-0.25, -0.2) is 0 Å². The lowest BCUT2D eigenvalue weighted by atomic mass is 9.70. The summed E-state index contributed by atoms with van der Waals surface area (Å²) in [6, 6.07) is 53.6. The zero-order valence-electron chi connectivity index (χ0n) is 31.7. The van der Waals surface area contributed by atoms with Crippen LogP contribution < -0.4 is 9.80 Å². The minimum Gasteiger partial charge on any atom is -0.310 e. The molecule has 0 aliphatic heterocycles. The summed E-state index contributed by atoms with van der Waals surface area (Å²) in [7, 11) is 0. The van der Waals surface area contributed by atoms with Crippen LogP contribution in [-0.2, 0) is 5.41 Å². The Morgan fingerprint density at radius 2 is 1.25 bits per heavy atom. The molecule has 6 aromatic carbocycles. The summed E-state index contributed by atoms with van der Waals surface area (Å²) < 4.78 is 0. The van der Waals surface area contributed by atoms with Gasteiger partial charge in [-0.05, 0) is 150 Å². The molecule has 0 amide bonds. The molecule has 0 N–H and O–H groups in total. The number of benzene rings is 6. The van der Waals surface area contributed by atoms with Gasteiger partial charge in [0.1, 0.15) is 0 Å². The molecule has 0 bridgehead atoms. The molecule has 2 heteroatoms. The first-order valence-corrected chi connectivity index (χ1v) is 19.2. The first-order valence-electron chi connectivity index (χ1n) is 19.2. The van der Waals surface area contributed by atoms with Crippen LogP contribution >= 0.6 is 0 Å². The van der Waals surface area contributed by atoms with E-state index in [0.717, 1.165) is 40.6 Å². The Kier molecular flexibility index (Phi) is 8.67. The van der Waals surface area contributed by atoms with E-state index in [4.69, 9.17) is 0 Å². The molecule has 9 rings (SSSR count). The first-order chi connectivity index (χ1) is 27.0. The smallest absolute Gasteiger partial charge is 0.0726 e. The summed E-state index contributed by atoms with van der Waals surface area (Å²) in [5.74, 6) is 0. The van der Waals surface area contributed by atoms with Crippen LogP contribution in [0.3, 0.4) is 0 Å². The van der Waals surface area contributed by atoms with Crippen molar-refractivity contribution in [1.29, 1.82) is 0 Å². The van der Waals surface area contributed by atoms with Crippen LogP contribution in [0.15, 0.2) is 212 Å². The lowest BCUT2D eigenvalue weighted by Gasteiger charge is -2.33. The number of allylic oxidation sites excluding steroid dienone is 10. The van der Waals surface area contributed by atoms with Gasteiger partial charge in [0.15, 0.2) is 0 Å². The monoisotopic (exact) mass is 708 g/mol. The fourth-order valence-corrected chi connectivity index (χ4v) is 8.98. The molecule has 2 nitrogen and oxygen atoms in total. The molecule has 0 aromatic heterocycles. The maximum atomic E-state index is 4.11. The van der Waals surface area contributed by atoms with Crippen molar-refractivity contribution in [3.8, 4) is 11.1 Å². The molecule has 0 fully saturated rings. The number of anilines is 5. The summed E-state index contributed by atoms with van der Waals surface area (Å²) >= 11 is 0. The highest BCUT2D eigenvalue weighted by Gasteiger charge is 2.53. The third kappa shape index (κ3) is 5.65. The van der Waals surface area contributed by atoms with Crippen molar-refractivity contribution < 1.29 is 0 Å². The Morgan fingerprint density at radius 3 is 1.96 bits per heavy atom. The third-order valence-electron chi connectivity index (χ3n) is 11.1. The molecule has 0 heterocycles. The molecule has 0 saturated carbocycles. The maximum absolute atomic E-state index is 4.11. The number of nitrogens with zero attached hydrogens (tertiary/aromatic N) is 2. The summed E-state index contributed by atoms with van der Waals surface area (Å²) in [6.07, 6.45) is 16.5. The van der Waals surface area contributed by atoms with E-state index in [2.05, 4.69) is 219 Å². The van der Waals surface area contributed by atoms with Crippen LogP contribution in [-0.4, -0.2) is 0 Å². The van der Waals surface area contributed by atoms with Crippen molar-refractivity contribution in [2.75, 3.05) is 9.80 Å². The number of rotatable bonds is 8. The van der Waals surface area contributed by atoms with Crippen LogP contribution in [0.1, 0.15) is 48.1 Å². The van der Waals surface area contributed by atoms with Crippen LogP contribution in [0.4, 0.5) is 28.4 Å². The zero-order valence-corrected chi connectivity index (χ0v) is 31.7. The number of aryl methyl sites for hydroxylation is 1. The van der Waals surface area contributed by atoms with Crippen molar-refractivity contribution in [2.24, 2.45) is 0 Å². The molecule has 0 radical (unpaired) electrons. The van der Waals surface area contributed by atoms with E-state index in [1.165, 1.54) is 55.7 Å². The van der Waals surface area contributed by atoms with E-state index in [9.17, 15) is 0 Å². The number of para-hydroxylation sites is 2. The van der Waals surface area contributed by atoms with E-state index in [-0.39, 0.29) is 0 Å². The molecular weight excluding hydrogens is 665 g/mol. The summed E-state index contributed by atoms with van der Waals surface area (Å²) in [6.45, 7) is 10.6. The van der Waals surface area contributed by atoms with Gasteiger partial charge in [0, 0.05) is 34.1 Å². The van der Waals surface area contributed by atoms with Gasteiger partial charge in [0.25, 0.3) is 0 Å². The van der Waals surface area contributed by atoms with Gasteiger partial charge in [-0.15, -0.1) is 0 Å². The van der Waals surface area contributed by atoms with Gasteiger partial charge in [-0.3, -0.25) is 0 Å². The van der Waals surface area contributed by atoms with Crippen molar-refractivity contribution in [2.45, 2.75) is 32.6 Å². The third-order valence-corrected chi connectivity index (χ3v) is 11.1. The summed E-state index contributed by atoms with van der Waals surface area (Å²) in [5.41, 5.74) is 19.0. The standard InChI is InChI=1S/C53H44N2/c1-5-18-41(33-37(2)3)54(39-20-9-6-10-21-39)43-29-31-47-48-32-30-44(55(40-22-11-7-12-23-40)42-24-17-19-38(4)34-42)36-52(48)53(51(47)35-43)49-27-14-8-13-25-45(49)46-26-15-16-28-50(46)53/h5-12,14-36H,1,13H2,2-4H3/b41-18+. The average Bonchev–Trinajstić information content (AvgIpc) is 3.49. The number of hydrogen-bond acceptors (Lipinski definition) is 2. The van der Waals surface area contributed by atoms with Gasteiger partial charge < -0.3 is 9.80 Å². The Bertz CT molecular complexity index is 2610. The van der Waals surface area contributed by atoms with Gasteiger partial charge in [-0.1, -0.05) is 127 Å². The highest BCUT2D eigenvalue weighted by Crippen LogP contribution is 2.65. The van der Waals surface area contributed by atoms with E-state index in [1.54, 1.807) is 0 Å². The van der Waals surface area contributed by atoms with Crippen molar-refractivity contribution >= 4 is 34.0 Å². The Labute approximate surface area is 325 Å². The molecule has 0 saturated heterocycles. The lowest BCUT2D eigenvalue weighted by molar-refractivity contribution is 0.794. The predicted molar refractivity (Wildman–Crippen MR) is 234 cm³/mol. The van der Waals surface area contributed by atoms with Crippen LogP contribution in [0, 0.1) is 6.92 Å². The van der Waals surface area contributed by atoms with Crippen LogP contribution in [0.25, 0.3) is 16.7 Å². The van der Waals surface area contributed by atoms with Crippen LogP contribution in [0.5, 0.6) is 0 Å². The highest BCUT2D eigenvalue weighted by atomic mass is 15.2. The van der Waals surface area contributed by atoms with E-state index >= 15 is 0 Å². The Balaban J connectivity index is 1.35. The fourth-order valence-electron chi connectivity index (χ4n) is 8.98. The van der Waals surface area contributed by atoms with Crippen LogP contribution in [0.2, 0.25) is 0 Å². The van der Waals surface area contributed by atoms with Crippen molar-refractivity contribution in [3.63, 3.8) is 0 Å². The topological polar surface area (TPSA) is 6.48 Å². The number of fused-ring (bicyclic) bond motifs is 10. The lowest BCUT2D eigenvalue weighted by Crippen LogP contribution is -2.27. The first kappa shape index (κ1) is 34.1. The van der Waals surface area contributed by atoms with Gasteiger partial charge in [0.2, 0.25) is 0 Å². The molecule has 1 unspecified atom stereocenters. The second-order valence-electron chi connectivity index (χ2n) is 14.8. The minimum absolute atomic E-state index is 0.538. The quantitative estimate of drug-likeness (QED) is 0.145. The predicted octanol–water partition coefficient (Wildman–Crippen LogP) is 14.2. The minimum atomic E-state index is -0.538. The van der Waals surface area contributed by atoms with Crippen molar-refractivity contribution in [1.82, 2.24) is 0 Å². The van der Waals surface area contributed by atoms with E-state index in [1.807, 2.05) is 6.08 Å². The Hall–Kier alpha value is -6.64. The van der Waals surface area contributed by atoms with Gasteiger partial charge >= 0.3 is 0 Å². The summed E-state index contributed by atoms with van der Waals surface area (Å²) in [4.78, 5) is 4.77. The number of hydrogen-bond donors (Lipinski definition) is 0. The largest absolute Gasteiger partial charge is 0.310 e. The molecule has 1 spiro atoms. The molecule has 3 aliphatic carbocycles. The molecule has 6 aromatic rings. The normalized spacial score (nSPS) is 16.2. The molecular formula is C53H44N2. The second kappa shape index (κ2) is 14.0. The second-order valence-corrected chi connectivity index (χ2v) is 14.8. The molecule has 55 heavy (non-hydrogen) atoms. The SMILES string of the molecule is C=C/C=C(\C=C(C)C)N(c1ccccc1)c1ccc2c(c1)C1(C3=CC=CCC=C3c3ccccc31)c1cc(N(c3ccccc3)c3cccc(C)c3)ccc1-2. The van der Waals surface area contributed by atoms with E-state index < -0.39 is 5.41 Å². The average molecular weight is 709 g/mol. The van der Waals surface area contributed by atoms with Crippen molar-refractivity contribution in [3.05, 3.63) is 239 Å². The maximum Gasteiger partial charge on any atom is 0.0726 e. The Morgan fingerprint density at radius 1 is 0.618 bits per heavy atom. The van der Waals surface area contributed by atoms with Gasteiger partial charge in [0.05, 0.1) is 5.41 Å². The highest BCUT2D eigenvalue weighted by molar-refractivity contribution is 6.01. The molecule has 3 aliphatic rings. The fraction of sp³-hybridized carbons (Fsp3) is 0.0943. The molecule has 266 valence electrons. The summed E-state index contributed by atoms with van der Waals surface area (Å²) in [5, 5.41) is 0. The molecule has 1 atom stereocenters.